The second kappa shape index (κ2) is 6.09. The quantitative estimate of drug-likeness (QED) is 0.430. The Labute approximate surface area is 145 Å². The maximum absolute atomic E-state index is 6.29. The predicted molar refractivity (Wildman–Crippen MR) is 97.4 cm³/mol. The third-order valence-corrected chi connectivity index (χ3v) is 5.48. The fourth-order valence-corrected chi connectivity index (χ4v) is 3.74. The molecule has 106 valence electrons. The van der Waals surface area contributed by atoms with Gasteiger partial charge in [-0.15, -0.1) is 11.3 Å². The number of hydrogen-bond acceptors (Lipinski definition) is 2. The van der Waals surface area contributed by atoms with Gasteiger partial charge in [0, 0.05) is 20.8 Å². The summed E-state index contributed by atoms with van der Waals surface area (Å²) >= 11 is 17.5. The second-order valence-electron chi connectivity index (χ2n) is 4.59. The molecule has 21 heavy (non-hydrogen) atoms. The van der Waals surface area contributed by atoms with Crippen LogP contribution in [0.5, 0.6) is 0 Å². The van der Waals surface area contributed by atoms with Gasteiger partial charge in [0.05, 0.1) is 9.30 Å². The lowest BCUT2D eigenvalue weighted by atomic mass is 10.1. The highest BCUT2D eigenvalue weighted by Gasteiger charge is 2.07. The molecule has 0 aliphatic rings. The average Bonchev–Trinajstić information content (AvgIpc) is 2.87. The minimum absolute atomic E-state index is 0.486. The first-order valence-electron chi connectivity index (χ1n) is 6.23. The second-order valence-corrected chi connectivity index (χ2v) is 7.85. The van der Waals surface area contributed by atoms with E-state index in [0.717, 1.165) is 30.7 Å². The van der Waals surface area contributed by atoms with Gasteiger partial charge in [-0.1, -0.05) is 35.3 Å². The van der Waals surface area contributed by atoms with Crippen LogP contribution in [0.4, 0.5) is 0 Å². The number of benzene rings is 1. The van der Waals surface area contributed by atoms with Crippen LogP contribution in [0.3, 0.4) is 0 Å². The van der Waals surface area contributed by atoms with Crippen LogP contribution >= 0.6 is 50.5 Å². The van der Waals surface area contributed by atoms with E-state index in [2.05, 4.69) is 27.0 Å². The molecule has 0 bridgehead atoms. The van der Waals surface area contributed by atoms with Crippen LogP contribution in [-0.2, 0) is 0 Å². The molecular weight excluding hydrogens is 389 g/mol. The van der Waals surface area contributed by atoms with E-state index in [-0.39, 0.29) is 0 Å². The molecule has 0 N–H and O–H groups in total. The Morgan fingerprint density at radius 1 is 1.14 bits per heavy atom. The fourth-order valence-electron chi connectivity index (χ4n) is 2.06. The van der Waals surface area contributed by atoms with Crippen molar-refractivity contribution in [1.82, 2.24) is 4.98 Å². The van der Waals surface area contributed by atoms with Crippen LogP contribution in [0, 0.1) is 6.92 Å². The zero-order valence-corrected chi connectivity index (χ0v) is 14.9. The van der Waals surface area contributed by atoms with Crippen molar-refractivity contribution in [3.63, 3.8) is 0 Å². The van der Waals surface area contributed by atoms with Crippen molar-refractivity contribution >= 4 is 73.5 Å². The Hall–Kier alpha value is -0.870. The SMILES string of the molecule is Cc1c(Cl)ccc2cc(/C=C/c3ccc(Br)s3)c(Cl)nc12. The van der Waals surface area contributed by atoms with Crippen LogP contribution in [0.15, 0.2) is 34.1 Å². The molecular formula is C16H10BrCl2NS. The summed E-state index contributed by atoms with van der Waals surface area (Å²) in [7, 11) is 0. The molecule has 0 fully saturated rings. The number of hydrogen-bond donors (Lipinski definition) is 0. The molecule has 2 heterocycles. The minimum atomic E-state index is 0.486. The molecule has 3 aromatic rings. The molecule has 0 saturated carbocycles. The molecule has 0 radical (unpaired) electrons. The molecule has 0 atom stereocenters. The van der Waals surface area contributed by atoms with Gasteiger partial charge in [0.2, 0.25) is 0 Å². The van der Waals surface area contributed by atoms with Gasteiger partial charge >= 0.3 is 0 Å². The van der Waals surface area contributed by atoms with E-state index in [0.29, 0.717) is 10.2 Å². The molecule has 0 amide bonds. The Morgan fingerprint density at radius 2 is 1.95 bits per heavy atom. The maximum Gasteiger partial charge on any atom is 0.137 e. The lowest BCUT2D eigenvalue weighted by molar-refractivity contribution is 1.36. The molecule has 2 aromatic heterocycles. The highest BCUT2D eigenvalue weighted by atomic mass is 79.9. The van der Waals surface area contributed by atoms with Gasteiger partial charge < -0.3 is 0 Å². The van der Waals surface area contributed by atoms with Gasteiger partial charge in [-0.3, -0.25) is 0 Å². The van der Waals surface area contributed by atoms with Gasteiger partial charge in [0.1, 0.15) is 5.15 Å². The standard InChI is InChI=1S/C16H10BrCl2NS/c1-9-13(18)6-3-10-8-11(16(19)20-15(9)10)2-4-12-5-7-14(17)21-12/h2-8H,1H3/b4-2+. The lowest BCUT2D eigenvalue weighted by Gasteiger charge is -2.06. The van der Waals surface area contributed by atoms with Crippen LogP contribution in [0.25, 0.3) is 23.1 Å². The zero-order valence-electron chi connectivity index (χ0n) is 11.0. The van der Waals surface area contributed by atoms with E-state index in [1.807, 2.05) is 43.3 Å². The molecule has 1 aromatic carbocycles. The fraction of sp³-hybridized carbons (Fsp3) is 0.0625. The Kier molecular flexibility index (Phi) is 4.36. The summed E-state index contributed by atoms with van der Waals surface area (Å²) in [5.41, 5.74) is 2.70. The van der Waals surface area contributed by atoms with E-state index >= 15 is 0 Å². The number of thiophene rings is 1. The summed E-state index contributed by atoms with van der Waals surface area (Å²) in [6, 6.07) is 9.96. The normalized spacial score (nSPS) is 11.6. The van der Waals surface area contributed by atoms with Gasteiger partial charge in [-0.05, 0) is 58.8 Å². The summed E-state index contributed by atoms with van der Waals surface area (Å²) in [4.78, 5) is 5.64. The molecule has 0 spiro atoms. The summed E-state index contributed by atoms with van der Waals surface area (Å²) < 4.78 is 1.11. The van der Waals surface area contributed by atoms with Crippen molar-refractivity contribution in [2.24, 2.45) is 0 Å². The third-order valence-electron chi connectivity index (χ3n) is 3.18. The summed E-state index contributed by atoms with van der Waals surface area (Å²) in [5.74, 6) is 0. The number of fused-ring (bicyclic) bond motifs is 1. The van der Waals surface area contributed by atoms with Crippen LogP contribution < -0.4 is 0 Å². The number of halogens is 3. The van der Waals surface area contributed by atoms with E-state index in [1.54, 1.807) is 11.3 Å². The Bertz CT molecular complexity index is 855. The predicted octanol–water partition coefficient (Wildman–Crippen LogP) is 6.84. The molecule has 0 unspecified atom stereocenters. The van der Waals surface area contributed by atoms with Gasteiger partial charge in [0.15, 0.2) is 0 Å². The molecule has 3 rings (SSSR count). The van der Waals surface area contributed by atoms with Crippen molar-refractivity contribution in [2.45, 2.75) is 6.92 Å². The number of pyridine rings is 1. The van der Waals surface area contributed by atoms with Crippen molar-refractivity contribution in [3.8, 4) is 0 Å². The first-order chi connectivity index (χ1) is 10.0. The summed E-state index contributed by atoms with van der Waals surface area (Å²) in [6.45, 7) is 1.95. The van der Waals surface area contributed by atoms with Crippen molar-refractivity contribution < 1.29 is 0 Å². The minimum Gasteiger partial charge on any atom is -0.235 e. The first kappa shape index (κ1) is 15.0. The number of nitrogens with zero attached hydrogens (tertiary/aromatic N) is 1. The van der Waals surface area contributed by atoms with Crippen LogP contribution in [-0.4, -0.2) is 4.98 Å². The van der Waals surface area contributed by atoms with E-state index in [1.165, 1.54) is 0 Å². The molecule has 0 aliphatic heterocycles. The summed E-state index contributed by atoms with van der Waals surface area (Å²) in [6.07, 6.45) is 4.02. The molecule has 0 aliphatic carbocycles. The number of aromatic nitrogens is 1. The van der Waals surface area contributed by atoms with E-state index in [4.69, 9.17) is 23.2 Å². The van der Waals surface area contributed by atoms with E-state index < -0.39 is 0 Å². The molecule has 0 saturated heterocycles. The maximum atomic E-state index is 6.29. The van der Waals surface area contributed by atoms with Gasteiger partial charge in [-0.2, -0.15) is 0 Å². The highest BCUT2D eigenvalue weighted by Crippen LogP contribution is 2.29. The van der Waals surface area contributed by atoms with E-state index in [9.17, 15) is 0 Å². The van der Waals surface area contributed by atoms with Gasteiger partial charge in [-0.25, -0.2) is 4.98 Å². The van der Waals surface area contributed by atoms with Gasteiger partial charge in [0.25, 0.3) is 0 Å². The van der Waals surface area contributed by atoms with Crippen molar-refractivity contribution in [1.29, 1.82) is 0 Å². The lowest BCUT2D eigenvalue weighted by Crippen LogP contribution is -1.88. The first-order valence-corrected chi connectivity index (χ1v) is 8.60. The Morgan fingerprint density at radius 3 is 2.67 bits per heavy atom. The monoisotopic (exact) mass is 397 g/mol. The smallest absolute Gasteiger partial charge is 0.137 e. The van der Waals surface area contributed by atoms with Crippen LogP contribution in [0.2, 0.25) is 10.2 Å². The number of aryl methyl sites for hydroxylation is 1. The Balaban J connectivity index is 2.05. The van der Waals surface area contributed by atoms with Crippen molar-refractivity contribution in [3.05, 3.63) is 60.3 Å². The topological polar surface area (TPSA) is 12.9 Å². The molecule has 5 heteroatoms. The average molecular weight is 399 g/mol. The highest BCUT2D eigenvalue weighted by molar-refractivity contribution is 9.11. The third kappa shape index (κ3) is 3.16. The van der Waals surface area contributed by atoms with Crippen molar-refractivity contribution in [2.75, 3.05) is 0 Å². The summed E-state index contributed by atoms with van der Waals surface area (Å²) in [5, 5.41) is 2.23. The number of rotatable bonds is 2. The largest absolute Gasteiger partial charge is 0.235 e. The zero-order chi connectivity index (χ0) is 15.0. The van der Waals surface area contributed by atoms with Crippen LogP contribution in [0.1, 0.15) is 16.0 Å². The molecule has 1 nitrogen and oxygen atoms in total.